The molecule has 0 spiro atoms. The number of nitrogens with zero attached hydrogens (tertiary/aromatic N) is 2. The Hall–Kier alpha value is -2.59. The van der Waals surface area contributed by atoms with Crippen molar-refractivity contribution >= 4 is 24.4 Å². The van der Waals surface area contributed by atoms with Crippen LogP contribution < -0.4 is 20.4 Å². The molecule has 2 rings (SSSR count). The Morgan fingerprint density at radius 1 is 0.684 bits per heavy atom. The monoisotopic (exact) mass is 598 g/mol. The van der Waals surface area contributed by atoms with Crippen LogP contribution in [0.3, 0.4) is 0 Å². The molecule has 0 aliphatic heterocycles. The number of rotatable bonds is 7. The van der Waals surface area contributed by atoms with E-state index in [2.05, 4.69) is 9.98 Å². The van der Waals surface area contributed by atoms with Crippen LogP contribution in [0, 0.1) is 10.8 Å². The molecule has 0 aliphatic carbocycles. The first kappa shape index (κ1) is 39.9. The van der Waals surface area contributed by atoms with E-state index >= 15 is 0 Å². The SMILES string of the molecule is CC(C)(C)[C@H](N=Cc1cccc(-c2cccc(C=N[C@H](C(=O)[O-])C(C)(C)C)c2[O-])c1[O-])C(=O)[O-].[O-2].[O-2].[V+4].[V+4]. The van der Waals surface area contributed by atoms with E-state index in [9.17, 15) is 30.0 Å². The predicted molar refractivity (Wildman–Crippen MR) is 124 cm³/mol. The van der Waals surface area contributed by atoms with Gasteiger partial charge >= 0.3 is 37.1 Å². The van der Waals surface area contributed by atoms with Crippen molar-refractivity contribution < 1.29 is 78.1 Å². The van der Waals surface area contributed by atoms with Crippen molar-refractivity contribution in [1.82, 2.24) is 0 Å². The second kappa shape index (κ2) is 15.7. The van der Waals surface area contributed by atoms with Gasteiger partial charge in [-0.15, -0.1) is 0 Å². The first-order valence-corrected chi connectivity index (χ1v) is 10.7. The molecule has 0 heterocycles. The number of aliphatic imine (C=N–C) groups is 2. The van der Waals surface area contributed by atoms with E-state index in [0.717, 1.165) is 0 Å². The van der Waals surface area contributed by atoms with Gasteiger partial charge in [0.2, 0.25) is 0 Å². The van der Waals surface area contributed by atoms with E-state index in [1.165, 1.54) is 36.7 Å². The molecule has 12 heteroatoms. The normalized spacial score (nSPS) is 12.9. The van der Waals surface area contributed by atoms with Gasteiger partial charge in [0.25, 0.3) is 0 Å². The quantitative estimate of drug-likeness (QED) is 0.412. The third kappa shape index (κ3) is 9.94. The van der Waals surface area contributed by atoms with Crippen molar-refractivity contribution in [1.29, 1.82) is 0 Å². The third-order valence-corrected chi connectivity index (χ3v) is 5.19. The molecule has 0 saturated heterocycles. The fourth-order valence-corrected chi connectivity index (χ4v) is 3.32. The first-order valence-electron chi connectivity index (χ1n) is 10.7. The minimum absolute atomic E-state index is 0. The molecule has 0 bridgehead atoms. The van der Waals surface area contributed by atoms with Crippen molar-refractivity contribution in [2.45, 2.75) is 53.6 Å². The molecule has 200 valence electrons. The van der Waals surface area contributed by atoms with E-state index in [4.69, 9.17) is 0 Å². The summed E-state index contributed by atoms with van der Waals surface area (Å²) in [4.78, 5) is 31.0. The van der Waals surface area contributed by atoms with Gasteiger partial charge < -0.3 is 41.0 Å². The number of para-hydroxylation sites is 2. The maximum Gasteiger partial charge on any atom is 4.00 e. The summed E-state index contributed by atoms with van der Waals surface area (Å²) < 4.78 is 0. The van der Waals surface area contributed by atoms with Crippen LogP contribution in [-0.4, -0.2) is 36.5 Å². The van der Waals surface area contributed by atoms with Gasteiger partial charge in [-0.05, 0) is 33.1 Å². The summed E-state index contributed by atoms with van der Waals surface area (Å²) in [5.41, 5.74) is -0.980. The molecule has 0 unspecified atom stereocenters. The number of aliphatic carboxylic acids is 2. The molecule has 0 aromatic heterocycles. The minimum atomic E-state index is -1.36. The molecule has 2 aromatic rings. The zero-order chi connectivity index (χ0) is 25.8. The number of carbonyl (C=O) groups is 2. The molecule has 2 aromatic carbocycles. The average molecular weight is 598 g/mol. The molecular weight excluding hydrogens is 570 g/mol. The molecular formula is C26H28N2O8V2. The minimum Gasteiger partial charge on any atom is -2.00 e. The van der Waals surface area contributed by atoms with E-state index in [0.29, 0.717) is 0 Å². The second-order valence-electron chi connectivity index (χ2n) is 10.2. The van der Waals surface area contributed by atoms with Gasteiger partial charge in [-0.25, -0.2) is 0 Å². The Morgan fingerprint density at radius 3 is 1.21 bits per heavy atom. The standard InChI is InChI=1S/C26H32N2O6.2O.2V/c1-25(2,3)21(23(31)32)27-13-15-9-7-11-17(19(15)29)18-12-8-10-16(20(18)30)14-28-22(24(33)34)26(4,5)6;;;;/h7-14,21-22,29-30H,1-6H3,(H,31,32)(H,33,34);;;;/q;2*-2;2*+4/p-4/t21-,22-;;;;/m1..../s1. The van der Waals surface area contributed by atoms with Crippen LogP contribution in [0.25, 0.3) is 11.1 Å². The van der Waals surface area contributed by atoms with Gasteiger partial charge in [-0.3, -0.25) is 9.98 Å². The van der Waals surface area contributed by atoms with E-state index in [-0.39, 0.29) is 70.3 Å². The van der Waals surface area contributed by atoms with Crippen molar-refractivity contribution in [3.05, 3.63) is 47.5 Å². The number of carboxylic acid groups (broad SMARTS) is 2. The molecule has 0 saturated carbocycles. The Morgan fingerprint density at radius 2 is 0.974 bits per heavy atom. The Kier molecular flexibility index (Phi) is 16.5. The fraction of sp³-hybridized carbons (Fsp3) is 0.385. The van der Waals surface area contributed by atoms with E-state index < -0.39 is 46.4 Å². The summed E-state index contributed by atoms with van der Waals surface area (Å²) in [6.07, 6.45) is 2.36. The van der Waals surface area contributed by atoms with Gasteiger partial charge in [-0.2, -0.15) is 0 Å². The van der Waals surface area contributed by atoms with Crippen LogP contribution in [0.15, 0.2) is 46.4 Å². The molecule has 0 N–H and O–H groups in total. The van der Waals surface area contributed by atoms with Crippen molar-refractivity contribution in [2.75, 3.05) is 0 Å². The van der Waals surface area contributed by atoms with E-state index in [1.807, 2.05) is 0 Å². The largest absolute Gasteiger partial charge is 4.00 e. The van der Waals surface area contributed by atoms with Gasteiger partial charge in [0.05, 0.1) is 24.0 Å². The van der Waals surface area contributed by atoms with Gasteiger partial charge in [0.15, 0.2) is 0 Å². The third-order valence-electron chi connectivity index (χ3n) is 5.19. The molecule has 0 aliphatic rings. The number of carbonyl (C=O) groups excluding carboxylic acids is 2. The van der Waals surface area contributed by atoms with Crippen LogP contribution in [0.4, 0.5) is 0 Å². The number of hydrogen-bond donors (Lipinski definition) is 0. The van der Waals surface area contributed by atoms with Gasteiger partial charge in [-0.1, -0.05) is 89.4 Å². The van der Waals surface area contributed by atoms with Crippen LogP contribution in [0.1, 0.15) is 52.7 Å². The van der Waals surface area contributed by atoms with Crippen LogP contribution in [0.2, 0.25) is 0 Å². The van der Waals surface area contributed by atoms with Crippen molar-refractivity contribution in [2.24, 2.45) is 20.8 Å². The van der Waals surface area contributed by atoms with Gasteiger partial charge in [0.1, 0.15) is 0 Å². The summed E-state index contributed by atoms with van der Waals surface area (Å²) in [6, 6.07) is 6.73. The zero-order valence-electron chi connectivity index (χ0n) is 21.8. The summed E-state index contributed by atoms with van der Waals surface area (Å²) in [6.45, 7) is 10.2. The van der Waals surface area contributed by atoms with Gasteiger partial charge in [0, 0.05) is 12.4 Å². The number of hydrogen-bond acceptors (Lipinski definition) is 8. The smallest absolute Gasteiger partial charge is 2.00 e. The summed E-state index contributed by atoms with van der Waals surface area (Å²) >= 11 is 0. The first-order chi connectivity index (χ1) is 15.6. The number of carboxylic acids is 2. The molecule has 2 atom stereocenters. The molecule has 10 nitrogen and oxygen atoms in total. The van der Waals surface area contributed by atoms with Crippen LogP contribution in [0.5, 0.6) is 11.5 Å². The maximum atomic E-state index is 13.0. The summed E-state index contributed by atoms with van der Waals surface area (Å²) in [5, 5.41) is 49.0. The van der Waals surface area contributed by atoms with Crippen molar-refractivity contribution in [3.8, 4) is 22.6 Å². The fourth-order valence-electron chi connectivity index (χ4n) is 3.32. The molecule has 38 heavy (non-hydrogen) atoms. The molecule has 0 amide bonds. The number of benzene rings is 2. The average Bonchev–Trinajstić information content (AvgIpc) is 2.68. The van der Waals surface area contributed by atoms with E-state index in [1.54, 1.807) is 53.7 Å². The van der Waals surface area contributed by atoms with Crippen molar-refractivity contribution in [3.63, 3.8) is 0 Å². The Bertz CT molecular complexity index is 1050. The Labute approximate surface area is 246 Å². The zero-order valence-corrected chi connectivity index (χ0v) is 24.6. The molecule has 0 fully saturated rings. The maximum absolute atomic E-state index is 13.0. The predicted octanol–water partition coefficient (Wildman–Crippen LogP) is 0.425. The van der Waals surface area contributed by atoms with Crippen LogP contribution >= 0.6 is 0 Å². The molecule has 2 radical (unpaired) electrons. The second-order valence-corrected chi connectivity index (χ2v) is 10.2. The summed E-state index contributed by atoms with van der Waals surface area (Å²) in [7, 11) is 0. The van der Waals surface area contributed by atoms with Crippen LogP contribution in [-0.2, 0) is 57.7 Å². The Balaban J connectivity index is -0.00000306. The topological polar surface area (TPSA) is 208 Å². The summed E-state index contributed by atoms with van der Waals surface area (Å²) in [5.74, 6) is -3.70.